The highest BCUT2D eigenvalue weighted by Gasteiger charge is 2.25. The van der Waals surface area contributed by atoms with E-state index in [0.717, 1.165) is 11.1 Å². The van der Waals surface area contributed by atoms with Gasteiger partial charge in [-0.15, -0.1) is 0 Å². The lowest BCUT2D eigenvalue weighted by Crippen LogP contribution is -2.40. The van der Waals surface area contributed by atoms with Gasteiger partial charge in [-0.2, -0.15) is 0 Å². The highest BCUT2D eigenvalue weighted by Crippen LogP contribution is 2.23. The van der Waals surface area contributed by atoms with Crippen LogP contribution in [0.25, 0.3) is 5.57 Å². The zero-order chi connectivity index (χ0) is 21.1. The van der Waals surface area contributed by atoms with Crippen LogP contribution in [0.2, 0.25) is 0 Å². The minimum Gasteiger partial charge on any atom is -0.334 e. The molecule has 1 aliphatic heterocycles. The van der Waals surface area contributed by atoms with E-state index >= 15 is 0 Å². The van der Waals surface area contributed by atoms with Crippen LogP contribution in [-0.4, -0.2) is 54.0 Å². The molecule has 0 saturated heterocycles. The van der Waals surface area contributed by atoms with E-state index in [1.807, 2.05) is 38.1 Å². The molecule has 0 aliphatic carbocycles. The lowest BCUT2D eigenvalue weighted by atomic mass is 9.99. The molecule has 29 heavy (non-hydrogen) atoms. The predicted molar refractivity (Wildman–Crippen MR) is 114 cm³/mol. The quantitative estimate of drug-likeness (QED) is 0.777. The van der Waals surface area contributed by atoms with Gasteiger partial charge in [-0.05, 0) is 69.3 Å². The minimum absolute atomic E-state index is 0.0315. The molecule has 2 heterocycles. The maximum atomic E-state index is 13.1. The number of carbonyl (C=O) groups excluding carboxylic acids is 1. The zero-order valence-corrected chi connectivity index (χ0v) is 17.5. The number of pyridine rings is 1. The summed E-state index contributed by atoms with van der Waals surface area (Å²) < 4.78 is 14.8. The second-order valence-electron chi connectivity index (χ2n) is 7.93. The van der Waals surface area contributed by atoms with E-state index in [9.17, 15) is 14.0 Å². The zero-order valence-electron chi connectivity index (χ0n) is 17.5. The van der Waals surface area contributed by atoms with Gasteiger partial charge in [0.1, 0.15) is 11.4 Å². The Balaban J connectivity index is 1.82. The van der Waals surface area contributed by atoms with Crippen LogP contribution in [0.4, 0.5) is 4.39 Å². The van der Waals surface area contributed by atoms with Crippen molar-refractivity contribution < 1.29 is 9.18 Å². The third kappa shape index (κ3) is 4.65. The summed E-state index contributed by atoms with van der Waals surface area (Å²) >= 11 is 0. The molecule has 1 aromatic heterocycles. The van der Waals surface area contributed by atoms with Crippen molar-refractivity contribution in [1.29, 1.82) is 0 Å². The lowest BCUT2D eigenvalue weighted by Gasteiger charge is -2.28. The summed E-state index contributed by atoms with van der Waals surface area (Å²) in [4.78, 5) is 29.9. The number of rotatable bonds is 5. The van der Waals surface area contributed by atoms with Crippen LogP contribution >= 0.6 is 0 Å². The largest absolute Gasteiger partial charge is 0.334 e. The van der Waals surface area contributed by atoms with E-state index in [4.69, 9.17) is 0 Å². The van der Waals surface area contributed by atoms with Gasteiger partial charge in [-0.3, -0.25) is 9.59 Å². The SMILES string of the molecule is Cc1ccn(C(C)CN(C)C)c(=O)c1C(=O)N1CC=C(c2ccc(F)cc2)CC1. The fourth-order valence-electron chi connectivity index (χ4n) is 3.80. The van der Waals surface area contributed by atoms with E-state index in [2.05, 4.69) is 0 Å². The number of aryl methyl sites for hydroxylation is 1. The van der Waals surface area contributed by atoms with Crippen LogP contribution in [0, 0.1) is 12.7 Å². The number of amides is 1. The molecule has 1 aromatic carbocycles. The summed E-state index contributed by atoms with van der Waals surface area (Å²) in [6, 6.07) is 8.20. The third-order valence-electron chi connectivity index (χ3n) is 5.36. The fraction of sp³-hybridized carbons (Fsp3) is 0.391. The van der Waals surface area contributed by atoms with E-state index < -0.39 is 0 Å². The van der Waals surface area contributed by atoms with Crippen molar-refractivity contribution in [2.75, 3.05) is 33.7 Å². The third-order valence-corrected chi connectivity index (χ3v) is 5.36. The topological polar surface area (TPSA) is 45.6 Å². The van der Waals surface area contributed by atoms with Gasteiger partial charge in [-0.1, -0.05) is 18.2 Å². The van der Waals surface area contributed by atoms with E-state index in [1.54, 1.807) is 34.7 Å². The Kier molecular flexibility index (Phi) is 6.33. The molecule has 1 aliphatic rings. The van der Waals surface area contributed by atoms with Crippen molar-refractivity contribution in [1.82, 2.24) is 14.4 Å². The number of likely N-dealkylation sites (N-methyl/N-ethyl adjacent to an activating group) is 1. The minimum atomic E-state index is -0.263. The molecule has 0 saturated carbocycles. The van der Waals surface area contributed by atoms with E-state index in [-0.39, 0.29) is 28.9 Å². The second kappa shape index (κ2) is 8.74. The second-order valence-corrected chi connectivity index (χ2v) is 7.93. The van der Waals surface area contributed by atoms with Gasteiger partial charge in [0.05, 0.1) is 0 Å². The van der Waals surface area contributed by atoms with Crippen molar-refractivity contribution in [2.24, 2.45) is 0 Å². The smallest absolute Gasteiger partial charge is 0.263 e. The molecule has 0 bridgehead atoms. The molecule has 0 N–H and O–H groups in total. The Morgan fingerprint density at radius 2 is 1.90 bits per heavy atom. The average molecular weight is 397 g/mol. The molecular weight excluding hydrogens is 369 g/mol. The Bertz CT molecular complexity index is 977. The Labute approximate surface area is 171 Å². The van der Waals surface area contributed by atoms with Crippen molar-refractivity contribution in [2.45, 2.75) is 26.3 Å². The number of nitrogens with zero attached hydrogens (tertiary/aromatic N) is 3. The lowest BCUT2D eigenvalue weighted by molar-refractivity contribution is 0.0769. The maximum absolute atomic E-state index is 13.1. The van der Waals surface area contributed by atoms with Gasteiger partial charge in [0.2, 0.25) is 0 Å². The van der Waals surface area contributed by atoms with Crippen molar-refractivity contribution in [3.05, 3.63) is 75.5 Å². The first-order chi connectivity index (χ1) is 13.8. The number of carbonyl (C=O) groups is 1. The number of halogens is 1. The van der Waals surface area contributed by atoms with Gasteiger partial charge in [0.15, 0.2) is 0 Å². The van der Waals surface area contributed by atoms with Crippen LogP contribution < -0.4 is 5.56 Å². The summed E-state index contributed by atoms with van der Waals surface area (Å²) in [6.07, 6.45) is 4.43. The normalized spacial score (nSPS) is 15.4. The number of benzene rings is 1. The van der Waals surface area contributed by atoms with Gasteiger partial charge in [-0.25, -0.2) is 4.39 Å². The van der Waals surface area contributed by atoms with Crippen LogP contribution in [0.1, 0.15) is 40.9 Å². The van der Waals surface area contributed by atoms with Crippen LogP contribution in [0.3, 0.4) is 0 Å². The number of aromatic nitrogens is 1. The number of hydrogen-bond acceptors (Lipinski definition) is 3. The first-order valence-corrected chi connectivity index (χ1v) is 9.88. The van der Waals surface area contributed by atoms with E-state index in [1.165, 1.54) is 12.1 Å². The summed E-state index contributed by atoms with van der Waals surface area (Å²) in [5, 5.41) is 0. The molecule has 0 spiro atoms. The number of hydrogen-bond donors (Lipinski definition) is 0. The van der Waals surface area contributed by atoms with Gasteiger partial charge >= 0.3 is 0 Å². The molecule has 1 amide bonds. The van der Waals surface area contributed by atoms with Crippen LogP contribution in [0.5, 0.6) is 0 Å². The van der Waals surface area contributed by atoms with Gasteiger partial charge in [0.25, 0.3) is 11.5 Å². The summed E-state index contributed by atoms with van der Waals surface area (Å²) in [5.41, 5.74) is 2.76. The first kappa shape index (κ1) is 21.0. The monoisotopic (exact) mass is 397 g/mol. The summed E-state index contributed by atoms with van der Waals surface area (Å²) in [5.74, 6) is -0.491. The molecular formula is C23H28FN3O2. The molecule has 5 nitrogen and oxygen atoms in total. The molecule has 0 radical (unpaired) electrons. The van der Waals surface area contributed by atoms with E-state index in [0.29, 0.717) is 31.6 Å². The van der Waals surface area contributed by atoms with Crippen molar-refractivity contribution >= 4 is 11.5 Å². The Morgan fingerprint density at radius 1 is 1.21 bits per heavy atom. The molecule has 2 aromatic rings. The predicted octanol–water partition coefficient (Wildman–Crippen LogP) is 3.35. The van der Waals surface area contributed by atoms with Crippen molar-refractivity contribution in [3.8, 4) is 0 Å². The Hall–Kier alpha value is -2.73. The Morgan fingerprint density at radius 3 is 2.48 bits per heavy atom. The highest BCUT2D eigenvalue weighted by atomic mass is 19.1. The van der Waals surface area contributed by atoms with Gasteiger partial charge < -0.3 is 14.4 Å². The highest BCUT2D eigenvalue weighted by molar-refractivity contribution is 5.95. The standard InChI is InChI=1S/C23H28FN3O2/c1-16-9-14-27(17(2)15-25(3)4)23(29)21(16)22(28)26-12-10-19(11-13-26)18-5-7-20(24)8-6-18/h5-10,14,17H,11-13,15H2,1-4H3. The molecule has 1 unspecified atom stereocenters. The average Bonchev–Trinajstić information content (AvgIpc) is 2.68. The van der Waals surface area contributed by atoms with Crippen molar-refractivity contribution in [3.63, 3.8) is 0 Å². The van der Waals surface area contributed by atoms with Crippen LogP contribution in [-0.2, 0) is 0 Å². The maximum Gasteiger partial charge on any atom is 0.263 e. The van der Waals surface area contributed by atoms with Gasteiger partial charge in [0, 0.05) is 31.9 Å². The fourth-order valence-corrected chi connectivity index (χ4v) is 3.80. The molecule has 0 fully saturated rings. The molecule has 154 valence electrons. The molecule has 3 rings (SSSR count). The first-order valence-electron chi connectivity index (χ1n) is 9.88. The molecule has 6 heteroatoms. The van der Waals surface area contributed by atoms with Crippen LogP contribution in [0.15, 0.2) is 47.4 Å². The summed E-state index contributed by atoms with van der Waals surface area (Å²) in [7, 11) is 3.92. The molecule has 1 atom stereocenters. The summed E-state index contributed by atoms with van der Waals surface area (Å²) in [6.45, 7) is 5.46.